The molecule has 1 unspecified atom stereocenters. The largest absolute Gasteiger partial charge is 0.508 e. The zero-order chi connectivity index (χ0) is 20.2. The molecule has 1 atom stereocenters. The van der Waals surface area contributed by atoms with Crippen molar-refractivity contribution < 1.29 is 19.7 Å². The topological polar surface area (TPSA) is 78.8 Å². The molecule has 0 bridgehead atoms. The number of fused-ring (bicyclic) bond motifs is 3. The normalized spacial score (nSPS) is 13.4. The smallest absolute Gasteiger partial charge is 0.407 e. The first kappa shape index (κ1) is 19.0. The van der Waals surface area contributed by atoms with Crippen LogP contribution in [0.3, 0.4) is 0 Å². The fourth-order valence-electron chi connectivity index (χ4n) is 3.98. The molecule has 29 heavy (non-hydrogen) atoms. The summed E-state index contributed by atoms with van der Waals surface area (Å²) in [6, 6.07) is 22.5. The number of ether oxygens (including phenoxy) is 1. The van der Waals surface area contributed by atoms with Crippen molar-refractivity contribution >= 4 is 6.09 Å². The Morgan fingerprint density at radius 1 is 0.966 bits per heavy atom. The van der Waals surface area contributed by atoms with E-state index in [2.05, 4.69) is 29.6 Å². The minimum Gasteiger partial charge on any atom is -0.508 e. The third kappa shape index (κ3) is 3.96. The zero-order valence-corrected chi connectivity index (χ0v) is 15.9. The van der Waals surface area contributed by atoms with Gasteiger partial charge in [0.25, 0.3) is 0 Å². The molecule has 3 aromatic carbocycles. The number of alkyl carbamates (subject to hydrolysis) is 1. The number of aliphatic hydroxyl groups is 1. The molecule has 4 rings (SSSR count). The highest BCUT2D eigenvalue weighted by Crippen LogP contribution is 2.44. The molecule has 1 aliphatic carbocycles. The second-order valence-electron chi connectivity index (χ2n) is 7.13. The summed E-state index contributed by atoms with van der Waals surface area (Å²) in [5.41, 5.74) is 5.38. The maximum atomic E-state index is 12.5. The van der Waals surface area contributed by atoms with Gasteiger partial charge in [0.1, 0.15) is 12.4 Å². The van der Waals surface area contributed by atoms with E-state index in [9.17, 15) is 15.0 Å². The van der Waals surface area contributed by atoms with Crippen LogP contribution >= 0.6 is 0 Å². The SMILES string of the molecule is O=C(NC(CCO)c1cccc(O)c1)OCC1c2ccccc2-c2ccccc21. The van der Waals surface area contributed by atoms with Crippen molar-refractivity contribution in [1.29, 1.82) is 0 Å². The Balaban J connectivity index is 1.47. The third-order valence-corrected chi connectivity index (χ3v) is 5.33. The molecule has 3 N–H and O–H groups in total. The van der Waals surface area contributed by atoms with Gasteiger partial charge in [0.15, 0.2) is 0 Å². The number of rotatable bonds is 6. The van der Waals surface area contributed by atoms with Gasteiger partial charge >= 0.3 is 6.09 Å². The predicted molar refractivity (Wildman–Crippen MR) is 111 cm³/mol. The molecule has 0 saturated heterocycles. The van der Waals surface area contributed by atoms with E-state index in [1.807, 2.05) is 24.3 Å². The van der Waals surface area contributed by atoms with Gasteiger partial charge in [-0.25, -0.2) is 4.79 Å². The molecule has 0 aromatic heterocycles. The second kappa shape index (κ2) is 8.37. The van der Waals surface area contributed by atoms with E-state index < -0.39 is 12.1 Å². The molecule has 0 spiro atoms. The van der Waals surface area contributed by atoms with Crippen molar-refractivity contribution in [3.05, 3.63) is 89.5 Å². The lowest BCUT2D eigenvalue weighted by molar-refractivity contribution is 0.136. The number of aliphatic hydroxyl groups excluding tert-OH is 1. The molecule has 1 amide bonds. The van der Waals surface area contributed by atoms with E-state index >= 15 is 0 Å². The number of nitrogens with one attached hydrogen (secondary N) is 1. The highest BCUT2D eigenvalue weighted by Gasteiger charge is 2.29. The van der Waals surface area contributed by atoms with E-state index in [1.54, 1.807) is 24.3 Å². The van der Waals surface area contributed by atoms with Crippen molar-refractivity contribution in [3.63, 3.8) is 0 Å². The number of benzene rings is 3. The molecule has 0 fully saturated rings. The zero-order valence-electron chi connectivity index (χ0n) is 15.9. The molecule has 5 nitrogen and oxygen atoms in total. The van der Waals surface area contributed by atoms with Gasteiger partial charge in [0, 0.05) is 12.5 Å². The first-order valence-corrected chi connectivity index (χ1v) is 9.68. The molecule has 0 aliphatic heterocycles. The van der Waals surface area contributed by atoms with Crippen LogP contribution < -0.4 is 5.32 Å². The quantitative estimate of drug-likeness (QED) is 0.585. The minimum atomic E-state index is -0.548. The maximum absolute atomic E-state index is 12.5. The predicted octanol–water partition coefficient (Wildman–Crippen LogP) is 4.35. The molecule has 148 valence electrons. The van der Waals surface area contributed by atoms with Gasteiger partial charge in [-0.1, -0.05) is 60.7 Å². The number of amides is 1. The lowest BCUT2D eigenvalue weighted by Crippen LogP contribution is -2.30. The van der Waals surface area contributed by atoms with Gasteiger partial charge in [0.05, 0.1) is 6.04 Å². The summed E-state index contributed by atoms with van der Waals surface area (Å²) < 4.78 is 5.57. The number of phenols is 1. The van der Waals surface area contributed by atoms with Gasteiger partial charge in [-0.2, -0.15) is 0 Å². The summed E-state index contributed by atoms with van der Waals surface area (Å²) in [4.78, 5) is 12.5. The van der Waals surface area contributed by atoms with Crippen molar-refractivity contribution in [2.24, 2.45) is 0 Å². The first-order chi connectivity index (χ1) is 14.2. The Bertz CT molecular complexity index is 972. The van der Waals surface area contributed by atoms with Crippen LogP contribution in [0.1, 0.15) is 35.1 Å². The number of hydrogen-bond acceptors (Lipinski definition) is 4. The van der Waals surface area contributed by atoms with Gasteiger partial charge in [0.2, 0.25) is 0 Å². The summed E-state index contributed by atoms with van der Waals surface area (Å²) in [5, 5.41) is 21.8. The second-order valence-corrected chi connectivity index (χ2v) is 7.13. The van der Waals surface area contributed by atoms with Gasteiger partial charge in [-0.15, -0.1) is 0 Å². The summed E-state index contributed by atoms with van der Waals surface area (Å²) in [6.07, 6.45) is -0.221. The first-order valence-electron chi connectivity index (χ1n) is 9.68. The standard InChI is InChI=1S/C24H23NO4/c26-13-12-23(16-6-5-7-17(27)14-16)25-24(28)29-15-22-20-10-3-1-8-18(20)19-9-2-4-11-21(19)22/h1-11,14,22-23,26-27H,12-13,15H2,(H,25,28). The van der Waals surface area contributed by atoms with Crippen molar-refractivity contribution in [1.82, 2.24) is 5.32 Å². The van der Waals surface area contributed by atoms with E-state index in [-0.39, 0.29) is 24.9 Å². The van der Waals surface area contributed by atoms with Gasteiger partial charge in [-0.05, 0) is 46.4 Å². The van der Waals surface area contributed by atoms with E-state index in [4.69, 9.17) is 4.74 Å². The van der Waals surface area contributed by atoms with Crippen LogP contribution in [-0.2, 0) is 4.74 Å². The van der Waals surface area contributed by atoms with Crippen molar-refractivity contribution in [2.45, 2.75) is 18.4 Å². The number of hydrogen-bond donors (Lipinski definition) is 3. The van der Waals surface area contributed by atoms with E-state index in [0.29, 0.717) is 12.0 Å². The van der Waals surface area contributed by atoms with Gasteiger partial charge < -0.3 is 20.3 Å². The summed E-state index contributed by atoms with van der Waals surface area (Å²) in [6.45, 7) is 0.135. The lowest BCUT2D eigenvalue weighted by Gasteiger charge is -2.20. The summed E-state index contributed by atoms with van der Waals surface area (Å²) in [7, 11) is 0. The van der Waals surface area contributed by atoms with Crippen LogP contribution in [0.25, 0.3) is 11.1 Å². The number of phenolic OH excluding ortho intramolecular Hbond substituents is 1. The highest BCUT2D eigenvalue weighted by atomic mass is 16.5. The number of aromatic hydroxyl groups is 1. The maximum Gasteiger partial charge on any atom is 0.407 e. The van der Waals surface area contributed by atoms with Gasteiger partial charge in [-0.3, -0.25) is 0 Å². The van der Waals surface area contributed by atoms with Crippen LogP contribution in [0.2, 0.25) is 0 Å². The summed E-state index contributed by atoms with van der Waals surface area (Å²) >= 11 is 0. The summed E-state index contributed by atoms with van der Waals surface area (Å²) in [5.74, 6) is 0.102. The fourth-order valence-corrected chi connectivity index (χ4v) is 3.98. The third-order valence-electron chi connectivity index (χ3n) is 5.33. The Kier molecular flexibility index (Phi) is 5.49. The number of carbonyl (C=O) groups is 1. The Morgan fingerprint density at radius 3 is 2.24 bits per heavy atom. The van der Waals surface area contributed by atoms with E-state index in [1.165, 1.54) is 11.1 Å². The molecular formula is C24H23NO4. The molecular weight excluding hydrogens is 366 g/mol. The van der Waals surface area contributed by atoms with Crippen molar-refractivity contribution in [2.75, 3.05) is 13.2 Å². The highest BCUT2D eigenvalue weighted by molar-refractivity contribution is 5.79. The fraction of sp³-hybridized carbons (Fsp3) is 0.208. The average Bonchev–Trinajstić information content (AvgIpc) is 3.06. The van der Waals surface area contributed by atoms with Crippen LogP contribution in [0.4, 0.5) is 4.79 Å². The molecule has 1 aliphatic rings. The van der Waals surface area contributed by atoms with Crippen LogP contribution in [-0.4, -0.2) is 29.5 Å². The monoisotopic (exact) mass is 389 g/mol. The Labute approximate surface area is 169 Å². The molecule has 3 aromatic rings. The molecule has 0 saturated carbocycles. The minimum absolute atomic E-state index is 0.00906. The Hall–Kier alpha value is -3.31. The average molecular weight is 389 g/mol. The number of carbonyl (C=O) groups excluding carboxylic acids is 1. The van der Waals surface area contributed by atoms with Crippen LogP contribution in [0, 0.1) is 0 Å². The lowest BCUT2D eigenvalue weighted by atomic mass is 9.98. The van der Waals surface area contributed by atoms with E-state index in [0.717, 1.165) is 11.1 Å². The van der Waals surface area contributed by atoms with Crippen LogP contribution in [0.5, 0.6) is 5.75 Å². The molecule has 0 heterocycles. The Morgan fingerprint density at radius 2 is 1.62 bits per heavy atom. The molecule has 0 radical (unpaired) electrons. The van der Waals surface area contributed by atoms with Crippen LogP contribution in [0.15, 0.2) is 72.8 Å². The molecule has 5 heteroatoms. The van der Waals surface area contributed by atoms with Crippen molar-refractivity contribution in [3.8, 4) is 16.9 Å².